The van der Waals surface area contributed by atoms with E-state index in [1.807, 2.05) is 0 Å². The number of urea groups is 1. The normalized spacial score (nSPS) is 19.4. The van der Waals surface area contributed by atoms with Crippen molar-refractivity contribution in [3.05, 3.63) is 66.0 Å². The fourth-order valence-corrected chi connectivity index (χ4v) is 3.71. The first-order chi connectivity index (χ1) is 13.2. The van der Waals surface area contributed by atoms with Crippen LogP contribution in [0, 0.1) is 11.7 Å². The van der Waals surface area contributed by atoms with Crippen molar-refractivity contribution in [1.29, 1.82) is 0 Å². The number of carbonyl (C=O) groups is 1. The summed E-state index contributed by atoms with van der Waals surface area (Å²) in [4.78, 5) is 11.9. The van der Waals surface area contributed by atoms with E-state index in [2.05, 4.69) is 46.3 Å². The van der Waals surface area contributed by atoms with E-state index in [9.17, 15) is 9.18 Å². The van der Waals surface area contributed by atoms with E-state index in [1.165, 1.54) is 30.5 Å². The van der Waals surface area contributed by atoms with Crippen molar-refractivity contribution in [2.24, 2.45) is 5.92 Å². The third-order valence-electron chi connectivity index (χ3n) is 5.09. The smallest absolute Gasteiger partial charge is 0.319 e. The number of nitrogens with one attached hydrogen (secondary N) is 3. The SMILES string of the molecule is O=C(NCCCC1CC(Cc2ccccc2)CCN1)Nc1ccc(F)cc1. The monoisotopic (exact) mass is 369 g/mol. The highest BCUT2D eigenvalue weighted by molar-refractivity contribution is 5.89. The molecule has 1 saturated heterocycles. The molecule has 2 amide bonds. The molecule has 2 unspecified atom stereocenters. The molecule has 5 heteroatoms. The number of hydrogen-bond acceptors (Lipinski definition) is 2. The van der Waals surface area contributed by atoms with Crippen LogP contribution in [0.1, 0.15) is 31.2 Å². The minimum absolute atomic E-state index is 0.250. The quantitative estimate of drug-likeness (QED) is 0.636. The van der Waals surface area contributed by atoms with Crippen LogP contribution in [0.3, 0.4) is 0 Å². The summed E-state index contributed by atoms with van der Waals surface area (Å²) >= 11 is 0. The Labute approximate surface area is 160 Å². The zero-order chi connectivity index (χ0) is 18.9. The third kappa shape index (κ3) is 6.68. The minimum Gasteiger partial charge on any atom is -0.338 e. The molecule has 1 aliphatic rings. The van der Waals surface area contributed by atoms with E-state index in [0.717, 1.165) is 31.7 Å². The molecule has 0 bridgehead atoms. The Hall–Kier alpha value is -2.40. The molecular formula is C22H28FN3O. The summed E-state index contributed by atoms with van der Waals surface area (Å²) in [6.45, 7) is 1.70. The van der Waals surface area contributed by atoms with Gasteiger partial charge in [-0.15, -0.1) is 0 Å². The molecule has 144 valence electrons. The van der Waals surface area contributed by atoms with Crippen LogP contribution in [0.2, 0.25) is 0 Å². The summed E-state index contributed by atoms with van der Waals surface area (Å²) in [6, 6.07) is 16.7. The van der Waals surface area contributed by atoms with E-state index in [4.69, 9.17) is 0 Å². The molecule has 0 aliphatic carbocycles. The lowest BCUT2D eigenvalue weighted by molar-refractivity contribution is 0.250. The summed E-state index contributed by atoms with van der Waals surface area (Å²) < 4.78 is 12.9. The van der Waals surface area contributed by atoms with Gasteiger partial charge in [0, 0.05) is 18.3 Å². The Morgan fingerprint density at radius 2 is 1.89 bits per heavy atom. The van der Waals surface area contributed by atoms with Crippen molar-refractivity contribution < 1.29 is 9.18 Å². The van der Waals surface area contributed by atoms with Crippen LogP contribution >= 0.6 is 0 Å². The van der Waals surface area contributed by atoms with E-state index < -0.39 is 0 Å². The Balaban J connectivity index is 1.32. The second kappa shape index (κ2) is 10.1. The fourth-order valence-electron chi connectivity index (χ4n) is 3.71. The molecule has 2 aromatic rings. The molecule has 1 fully saturated rings. The van der Waals surface area contributed by atoms with Crippen molar-refractivity contribution in [1.82, 2.24) is 10.6 Å². The number of benzene rings is 2. The molecule has 0 radical (unpaired) electrons. The minimum atomic E-state index is -0.313. The summed E-state index contributed by atoms with van der Waals surface area (Å²) in [5.74, 6) is 0.417. The number of carbonyl (C=O) groups excluding carboxylic acids is 1. The van der Waals surface area contributed by atoms with Gasteiger partial charge in [-0.2, -0.15) is 0 Å². The zero-order valence-corrected chi connectivity index (χ0v) is 15.6. The highest BCUT2D eigenvalue weighted by atomic mass is 19.1. The van der Waals surface area contributed by atoms with E-state index in [-0.39, 0.29) is 11.8 Å². The predicted molar refractivity (Wildman–Crippen MR) is 107 cm³/mol. The molecule has 0 aromatic heterocycles. The predicted octanol–water partition coefficient (Wildman–Crippen LogP) is 4.34. The van der Waals surface area contributed by atoms with Crippen LogP contribution in [0.15, 0.2) is 54.6 Å². The lowest BCUT2D eigenvalue weighted by atomic mass is 9.86. The Kier molecular flexibility index (Phi) is 7.22. The Bertz CT molecular complexity index is 705. The van der Waals surface area contributed by atoms with E-state index in [0.29, 0.717) is 18.3 Å². The van der Waals surface area contributed by atoms with Gasteiger partial charge in [0.25, 0.3) is 0 Å². The summed E-state index contributed by atoms with van der Waals surface area (Å²) in [5, 5.41) is 9.18. The van der Waals surface area contributed by atoms with Gasteiger partial charge in [-0.1, -0.05) is 30.3 Å². The molecule has 27 heavy (non-hydrogen) atoms. The Morgan fingerprint density at radius 1 is 1.11 bits per heavy atom. The second-order valence-corrected chi connectivity index (χ2v) is 7.26. The van der Waals surface area contributed by atoms with Crippen LogP contribution < -0.4 is 16.0 Å². The van der Waals surface area contributed by atoms with Crippen molar-refractivity contribution in [3.63, 3.8) is 0 Å². The average molecular weight is 369 g/mol. The van der Waals surface area contributed by atoms with Crippen molar-refractivity contribution in [3.8, 4) is 0 Å². The first kappa shape index (κ1) is 19.4. The lowest BCUT2D eigenvalue weighted by Gasteiger charge is -2.30. The summed E-state index contributed by atoms with van der Waals surface area (Å²) in [7, 11) is 0. The standard InChI is InChI=1S/C22H28FN3O/c23-19-8-10-20(11-9-19)26-22(27)25-13-4-7-21-16-18(12-14-24-21)15-17-5-2-1-3-6-17/h1-3,5-6,8-11,18,21,24H,4,7,12-16H2,(H2,25,26,27). The van der Waals surface area contributed by atoms with Crippen molar-refractivity contribution >= 4 is 11.7 Å². The van der Waals surface area contributed by atoms with Crippen LogP contribution in [0.25, 0.3) is 0 Å². The van der Waals surface area contributed by atoms with Gasteiger partial charge in [-0.05, 0) is 74.4 Å². The molecule has 3 N–H and O–H groups in total. The number of piperidine rings is 1. The molecule has 1 heterocycles. The summed E-state index contributed by atoms with van der Waals surface area (Å²) in [5.41, 5.74) is 2.01. The van der Waals surface area contributed by atoms with Gasteiger partial charge < -0.3 is 16.0 Å². The maximum Gasteiger partial charge on any atom is 0.319 e. The van der Waals surface area contributed by atoms with Crippen molar-refractivity contribution in [2.75, 3.05) is 18.4 Å². The molecule has 4 nitrogen and oxygen atoms in total. The lowest BCUT2D eigenvalue weighted by Crippen LogP contribution is -2.39. The number of rotatable bonds is 7. The molecular weight excluding hydrogens is 341 g/mol. The first-order valence-electron chi connectivity index (χ1n) is 9.77. The highest BCUT2D eigenvalue weighted by Gasteiger charge is 2.21. The van der Waals surface area contributed by atoms with Gasteiger partial charge in [-0.3, -0.25) is 0 Å². The zero-order valence-electron chi connectivity index (χ0n) is 15.6. The number of amides is 2. The van der Waals surface area contributed by atoms with E-state index in [1.54, 1.807) is 12.1 Å². The van der Waals surface area contributed by atoms with Crippen LogP contribution in [-0.2, 0) is 6.42 Å². The van der Waals surface area contributed by atoms with Gasteiger partial charge in [0.2, 0.25) is 0 Å². The van der Waals surface area contributed by atoms with Crippen LogP contribution in [0.4, 0.5) is 14.9 Å². The molecule has 1 aliphatic heterocycles. The van der Waals surface area contributed by atoms with Gasteiger partial charge in [-0.25, -0.2) is 9.18 Å². The van der Waals surface area contributed by atoms with Gasteiger partial charge in [0.1, 0.15) is 5.82 Å². The van der Waals surface area contributed by atoms with E-state index >= 15 is 0 Å². The number of hydrogen-bond donors (Lipinski definition) is 3. The number of anilines is 1. The molecule has 2 atom stereocenters. The van der Waals surface area contributed by atoms with Crippen LogP contribution in [0.5, 0.6) is 0 Å². The largest absolute Gasteiger partial charge is 0.338 e. The third-order valence-corrected chi connectivity index (χ3v) is 5.09. The number of halogens is 1. The molecule has 2 aromatic carbocycles. The first-order valence-corrected chi connectivity index (χ1v) is 9.77. The van der Waals surface area contributed by atoms with Crippen LogP contribution in [-0.4, -0.2) is 25.2 Å². The molecule has 0 spiro atoms. The maximum absolute atomic E-state index is 12.9. The molecule has 3 rings (SSSR count). The maximum atomic E-state index is 12.9. The van der Waals surface area contributed by atoms with Gasteiger partial charge in [0.05, 0.1) is 0 Å². The van der Waals surface area contributed by atoms with Gasteiger partial charge >= 0.3 is 6.03 Å². The second-order valence-electron chi connectivity index (χ2n) is 7.26. The molecule has 0 saturated carbocycles. The van der Waals surface area contributed by atoms with Crippen molar-refractivity contribution in [2.45, 2.75) is 38.1 Å². The highest BCUT2D eigenvalue weighted by Crippen LogP contribution is 2.23. The average Bonchev–Trinajstić information content (AvgIpc) is 2.68. The Morgan fingerprint density at radius 3 is 2.67 bits per heavy atom. The van der Waals surface area contributed by atoms with Gasteiger partial charge in [0.15, 0.2) is 0 Å². The summed E-state index contributed by atoms with van der Waals surface area (Å²) in [6.07, 6.45) is 5.56. The topological polar surface area (TPSA) is 53.2 Å². The fraction of sp³-hybridized carbons (Fsp3) is 0.409.